The van der Waals surface area contributed by atoms with Crippen LogP contribution in [-0.2, 0) is 46.8 Å². The molecule has 5 aliphatic rings. The zero-order valence-electron chi connectivity index (χ0n) is 29.8. The highest BCUT2D eigenvalue weighted by Gasteiger charge is 2.62. The zero-order valence-corrected chi connectivity index (χ0v) is 31.4. The van der Waals surface area contributed by atoms with E-state index in [1.807, 2.05) is 24.3 Å². The van der Waals surface area contributed by atoms with Crippen molar-refractivity contribution in [3.63, 3.8) is 0 Å². The summed E-state index contributed by atoms with van der Waals surface area (Å²) in [6, 6.07) is 3.35. The maximum atomic E-state index is 14.3. The van der Waals surface area contributed by atoms with E-state index in [1.165, 1.54) is 9.80 Å². The minimum atomic E-state index is -3.91. The first-order valence-corrected chi connectivity index (χ1v) is 20.1. The van der Waals surface area contributed by atoms with Crippen LogP contribution in [0.15, 0.2) is 30.4 Å². The summed E-state index contributed by atoms with van der Waals surface area (Å²) in [6.07, 6.45) is 6.12. The third-order valence-corrected chi connectivity index (χ3v) is 12.4. The van der Waals surface area contributed by atoms with Crippen molar-refractivity contribution in [3.8, 4) is 0 Å². The van der Waals surface area contributed by atoms with Crippen LogP contribution in [0.2, 0.25) is 5.02 Å². The van der Waals surface area contributed by atoms with E-state index in [9.17, 15) is 32.4 Å². The number of alkyl carbamates (subject to hydrolysis) is 1. The number of hydrogen-bond acceptors (Lipinski definition) is 9. The van der Waals surface area contributed by atoms with Gasteiger partial charge in [-0.15, -0.1) is 0 Å². The molecule has 1 aromatic rings. The maximum Gasteiger partial charge on any atom is 0.410 e. The van der Waals surface area contributed by atoms with E-state index in [0.717, 1.165) is 24.0 Å². The topological polar surface area (TPSA) is 181 Å². The second-order valence-electron chi connectivity index (χ2n) is 15.5. The van der Waals surface area contributed by atoms with Crippen LogP contribution in [0.1, 0.15) is 89.7 Å². The molecule has 2 saturated carbocycles. The molecule has 0 aromatic heterocycles. The molecule has 5 atom stereocenters. The smallest absolute Gasteiger partial charge is 0.410 e. The molecule has 0 spiro atoms. The largest absolute Gasteiger partial charge is 0.444 e. The molecule has 5 amide bonds. The minimum Gasteiger partial charge on any atom is -0.444 e. The monoisotopic (exact) mass is 761 g/mol. The molecule has 0 bridgehead atoms. The van der Waals surface area contributed by atoms with Crippen molar-refractivity contribution >= 4 is 51.5 Å². The van der Waals surface area contributed by atoms with Gasteiger partial charge < -0.3 is 29.9 Å². The molecule has 16 heteroatoms. The van der Waals surface area contributed by atoms with Crippen molar-refractivity contribution in [2.24, 2.45) is 5.92 Å². The summed E-state index contributed by atoms with van der Waals surface area (Å²) in [7, 11) is -3.91. The van der Waals surface area contributed by atoms with Gasteiger partial charge in [0.25, 0.3) is 5.91 Å². The Morgan fingerprint density at radius 3 is 2.58 bits per heavy atom. The molecule has 2 aliphatic carbocycles. The summed E-state index contributed by atoms with van der Waals surface area (Å²) >= 11 is 6.42. The molecular weight excluding hydrogens is 714 g/mol. The Morgan fingerprint density at radius 1 is 1.08 bits per heavy atom. The molecule has 1 aromatic carbocycles. The number of nitrogens with zero attached hydrogens (tertiary/aromatic N) is 2. The summed E-state index contributed by atoms with van der Waals surface area (Å²) in [5.74, 6) is -2.52. The fourth-order valence-electron chi connectivity index (χ4n) is 7.21. The number of rotatable bonds is 5. The lowest BCUT2D eigenvalue weighted by molar-refractivity contribution is -0.141. The average Bonchev–Trinajstić information content (AvgIpc) is 3.99. The molecule has 3 heterocycles. The van der Waals surface area contributed by atoms with Gasteiger partial charge in [0.1, 0.15) is 29.3 Å². The van der Waals surface area contributed by atoms with Gasteiger partial charge >= 0.3 is 12.2 Å². The van der Waals surface area contributed by atoms with Crippen molar-refractivity contribution < 1.29 is 41.9 Å². The van der Waals surface area contributed by atoms with Crippen LogP contribution < -0.4 is 15.4 Å². The number of halogens is 1. The van der Waals surface area contributed by atoms with Crippen LogP contribution in [0.5, 0.6) is 0 Å². The highest BCUT2D eigenvalue weighted by atomic mass is 35.5. The Hall–Kier alpha value is -3.85. The number of allylic oxidation sites excluding steroid dienone is 1. The lowest BCUT2D eigenvalue weighted by atomic mass is 10.0. The molecule has 3 aliphatic heterocycles. The fourth-order valence-corrected chi connectivity index (χ4v) is 8.83. The number of carbonyl (C=O) groups is 5. The van der Waals surface area contributed by atoms with E-state index in [-0.39, 0.29) is 32.4 Å². The first-order chi connectivity index (χ1) is 24.6. The van der Waals surface area contributed by atoms with Crippen LogP contribution in [0.4, 0.5) is 9.59 Å². The molecule has 3 fully saturated rings. The Balaban J connectivity index is 1.25. The van der Waals surface area contributed by atoms with Gasteiger partial charge in [0.05, 0.1) is 18.3 Å². The van der Waals surface area contributed by atoms with E-state index in [4.69, 9.17) is 21.1 Å². The second kappa shape index (κ2) is 14.9. The van der Waals surface area contributed by atoms with Crippen LogP contribution in [-0.4, -0.2) is 95.8 Å². The van der Waals surface area contributed by atoms with E-state index in [0.29, 0.717) is 43.7 Å². The number of amides is 5. The number of fused-ring (bicyclic) bond motifs is 3. The van der Waals surface area contributed by atoms with Crippen molar-refractivity contribution in [3.05, 3.63) is 46.5 Å². The normalized spacial score (nSPS) is 28.8. The van der Waals surface area contributed by atoms with Gasteiger partial charge in [0, 0.05) is 23.9 Å². The number of nitrogens with one attached hydrogen (secondary N) is 3. The fraction of sp³-hybridized carbons (Fsp3) is 0.639. The van der Waals surface area contributed by atoms with E-state index < -0.39 is 80.4 Å². The van der Waals surface area contributed by atoms with Gasteiger partial charge in [-0.2, -0.15) is 0 Å². The minimum absolute atomic E-state index is 0.0772. The third kappa shape index (κ3) is 8.67. The predicted octanol–water partition coefficient (Wildman–Crippen LogP) is 3.70. The summed E-state index contributed by atoms with van der Waals surface area (Å²) < 4.78 is 39.1. The summed E-state index contributed by atoms with van der Waals surface area (Å²) in [4.78, 5) is 71.4. The zero-order chi connectivity index (χ0) is 37.4. The van der Waals surface area contributed by atoms with Crippen molar-refractivity contribution in [2.45, 2.75) is 126 Å². The first kappa shape index (κ1) is 37.9. The van der Waals surface area contributed by atoms with Crippen molar-refractivity contribution in [2.75, 3.05) is 13.1 Å². The van der Waals surface area contributed by atoms with Crippen LogP contribution in [0.25, 0.3) is 0 Å². The van der Waals surface area contributed by atoms with Gasteiger partial charge in [-0.05, 0) is 82.9 Å². The molecule has 14 nitrogen and oxygen atoms in total. The van der Waals surface area contributed by atoms with Crippen molar-refractivity contribution in [1.29, 1.82) is 0 Å². The van der Waals surface area contributed by atoms with Gasteiger partial charge in [-0.25, -0.2) is 18.0 Å². The Bertz CT molecular complexity index is 1740. The number of hydrogen-bond donors (Lipinski definition) is 3. The lowest BCUT2D eigenvalue weighted by Crippen LogP contribution is -2.58. The van der Waals surface area contributed by atoms with Gasteiger partial charge in [0.2, 0.25) is 21.8 Å². The molecule has 6 rings (SSSR count). The van der Waals surface area contributed by atoms with Gasteiger partial charge in [0.15, 0.2) is 0 Å². The average molecular weight is 762 g/mol. The summed E-state index contributed by atoms with van der Waals surface area (Å²) in [5.41, 5.74) is -0.479. The Kier molecular flexibility index (Phi) is 10.8. The molecular formula is C36H48ClN5O9S. The number of benzene rings is 1. The first-order valence-electron chi connectivity index (χ1n) is 18.1. The molecule has 1 saturated heterocycles. The van der Waals surface area contributed by atoms with Gasteiger partial charge in [-0.3, -0.25) is 19.1 Å². The van der Waals surface area contributed by atoms with Crippen LogP contribution >= 0.6 is 11.6 Å². The standard InChI is InChI=1S/C36H48ClN5O9S/c1-35(2,3)51-33(46)38-28-13-8-6-4-5-7-11-23-19-36(23,32(45)40-52(48,49)25-14-15-25)39-30(43)29-18-24(20-42(29)31(28)44)50-34(47)41-17-16-22-10-9-12-27(37)26(22)21-41/h7,9-12,23-25,28-29H,4-6,8,13-21H2,1-3H3,(H,38,46)(H,39,43)(H,40,45)/b11-7-/t23-,24+,28-,29-,36+/m0/s1. The summed E-state index contributed by atoms with van der Waals surface area (Å²) in [5, 5.41) is 5.41. The summed E-state index contributed by atoms with van der Waals surface area (Å²) in [6.45, 7) is 5.62. The number of ether oxygens (including phenoxy) is 2. The SMILES string of the molecule is CC(C)(C)OC(=O)N[C@H]1CCCCC/C=C\[C@H]2C[C@@]2(C(=O)NS(=O)(=O)C2CC2)NC(=O)[C@@H]2C[C@@H](OC(=O)N3CCc4cccc(Cl)c4C3)CN2C1=O. The lowest BCUT2D eigenvalue weighted by Gasteiger charge is -2.30. The Labute approximate surface area is 309 Å². The van der Waals surface area contributed by atoms with Crippen LogP contribution in [0.3, 0.4) is 0 Å². The number of carbonyl (C=O) groups excluding carboxylic acids is 5. The van der Waals surface area contributed by atoms with Crippen molar-refractivity contribution in [1.82, 2.24) is 25.2 Å². The molecule has 52 heavy (non-hydrogen) atoms. The molecule has 3 N–H and O–H groups in total. The third-order valence-electron chi connectivity index (χ3n) is 10.3. The van der Waals surface area contributed by atoms with Gasteiger partial charge in [-0.1, -0.05) is 48.7 Å². The molecule has 284 valence electrons. The van der Waals surface area contributed by atoms with E-state index in [2.05, 4.69) is 15.4 Å². The van der Waals surface area contributed by atoms with E-state index >= 15 is 0 Å². The molecule has 0 unspecified atom stereocenters. The predicted molar refractivity (Wildman–Crippen MR) is 190 cm³/mol. The van der Waals surface area contributed by atoms with Crippen LogP contribution in [0, 0.1) is 5.92 Å². The highest BCUT2D eigenvalue weighted by molar-refractivity contribution is 7.91. The van der Waals surface area contributed by atoms with E-state index in [1.54, 1.807) is 26.8 Å². The number of sulfonamides is 1. The second-order valence-corrected chi connectivity index (χ2v) is 17.9. The Morgan fingerprint density at radius 2 is 1.85 bits per heavy atom. The quantitative estimate of drug-likeness (QED) is 0.377. The molecule has 0 radical (unpaired) electrons. The highest BCUT2D eigenvalue weighted by Crippen LogP contribution is 2.46. The maximum absolute atomic E-state index is 14.3.